The Morgan fingerprint density at radius 3 is 1.57 bits per heavy atom. The molecule has 87 heavy (non-hydrogen) atoms. The van der Waals surface area contributed by atoms with Gasteiger partial charge in [0.25, 0.3) is 6.71 Å². The van der Waals surface area contributed by atoms with Crippen LogP contribution < -0.4 is 36.0 Å². The SMILES string of the molecule is CC(C)(C)c1ccc(N(c2ccc(C(C)(C)C)cc2)c2ccc3c(c2)N(c2ccc(-c4cccc5c4oc4ccccc45)cc2)c2cc(N(c4ccccc4)c4ccccc4)cc4c2B3c2cccc3c2N4c2cccc4c5ccccc5n-3c24)cc1. The number of hydrogen-bond acceptors (Lipinski definition) is 5. The lowest BCUT2D eigenvalue weighted by molar-refractivity contribution is 0.590. The summed E-state index contributed by atoms with van der Waals surface area (Å²) in [6.45, 7) is 13.6. The predicted molar refractivity (Wildman–Crippen MR) is 368 cm³/mol. The smallest absolute Gasteiger partial charge is 0.252 e. The van der Waals surface area contributed by atoms with Crippen LogP contribution in [0.4, 0.5) is 68.2 Å². The molecule has 14 aromatic rings. The second kappa shape index (κ2) is 19.0. The second-order valence-electron chi connectivity index (χ2n) is 25.7. The Morgan fingerprint density at radius 1 is 0.368 bits per heavy atom. The van der Waals surface area contributed by atoms with Crippen molar-refractivity contribution in [3.05, 3.63) is 278 Å². The number of anilines is 12. The molecular formula is C80H62BN5O. The van der Waals surface area contributed by atoms with Crippen LogP contribution in [0, 0.1) is 0 Å². The topological polar surface area (TPSA) is 31.0 Å². The molecule has 0 bridgehead atoms. The van der Waals surface area contributed by atoms with Crippen molar-refractivity contribution in [2.75, 3.05) is 19.6 Å². The average Bonchev–Trinajstić information content (AvgIpc) is 1.66. The molecule has 12 aromatic carbocycles. The van der Waals surface area contributed by atoms with Gasteiger partial charge in [-0.15, -0.1) is 0 Å². The van der Waals surface area contributed by atoms with Gasteiger partial charge in [-0.3, -0.25) is 0 Å². The molecule has 7 heteroatoms. The van der Waals surface area contributed by atoms with Gasteiger partial charge in [0.05, 0.1) is 33.8 Å². The Bertz CT molecular complexity index is 4970. The van der Waals surface area contributed by atoms with Gasteiger partial charge in [-0.05, 0) is 153 Å². The molecular weight excluding hydrogens is 1060 g/mol. The van der Waals surface area contributed by atoms with E-state index in [1.54, 1.807) is 0 Å². The predicted octanol–water partition coefficient (Wildman–Crippen LogP) is 20.3. The van der Waals surface area contributed by atoms with E-state index in [2.05, 4.69) is 327 Å². The summed E-state index contributed by atoms with van der Waals surface area (Å²) in [6, 6.07) is 99.3. The van der Waals surface area contributed by atoms with Crippen molar-refractivity contribution in [2.45, 2.75) is 52.4 Å². The molecule has 0 atom stereocenters. The summed E-state index contributed by atoms with van der Waals surface area (Å²) in [5.74, 6) is 0. The van der Waals surface area contributed by atoms with E-state index in [0.29, 0.717) is 0 Å². The molecule has 0 saturated carbocycles. The van der Waals surface area contributed by atoms with Crippen LogP contribution in [0.1, 0.15) is 52.7 Å². The largest absolute Gasteiger partial charge is 0.455 e. The van der Waals surface area contributed by atoms with Crippen LogP contribution in [0.25, 0.3) is 60.6 Å². The summed E-state index contributed by atoms with van der Waals surface area (Å²) in [6.07, 6.45) is 0. The third-order valence-corrected chi connectivity index (χ3v) is 18.6. The highest BCUT2D eigenvalue weighted by Crippen LogP contribution is 2.55. The normalized spacial score (nSPS) is 13.1. The van der Waals surface area contributed by atoms with Crippen LogP contribution in [0.5, 0.6) is 0 Å². The van der Waals surface area contributed by atoms with Gasteiger partial charge < -0.3 is 28.6 Å². The van der Waals surface area contributed by atoms with E-state index in [0.717, 1.165) is 95.6 Å². The van der Waals surface area contributed by atoms with Gasteiger partial charge in [-0.1, -0.05) is 199 Å². The van der Waals surface area contributed by atoms with E-state index in [-0.39, 0.29) is 17.5 Å². The van der Waals surface area contributed by atoms with Crippen molar-refractivity contribution in [3.63, 3.8) is 0 Å². The van der Waals surface area contributed by atoms with Crippen LogP contribution >= 0.6 is 0 Å². The fraction of sp³-hybridized carbons (Fsp3) is 0.100. The zero-order valence-electron chi connectivity index (χ0n) is 49.6. The Labute approximate surface area is 508 Å². The highest BCUT2D eigenvalue weighted by atomic mass is 16.3. The van der Waals surface area contributed by atoms with Crippen LogP contribution in [-0.2, 0) is 10.8 Å². The maximum absolute atomic E-state index is 6.68. The number of furan rings is 1. The zero-order chi connectivity index (χ0) is 58.4. The Kier molecular flexibility index (Phi) is 11.1. The van der Waals surface area contributed by atoms with Crippen LogP contribution in [-0.4, -0.2) is 11.3 Å². The first-order valence-corrected chi connectivity index (χ1v) is 30.4. The standard InChI is InChI=1S/C80H62BN5O/c1-79(2,3)52-36-42-56(43-37-52)82(57-44-38-53(39-45-57)80(4,5)6)59-46-47-66-71(48-59)84(58-40-34-51(35-41-58)61-26-17-28-65-63-25-14-16-33-74(63)87-78(61)65)72-49-60(83(54-20-9-7-10-21-54)55-22-11-8-12-23-55)50-73-75(72)81(66)67-29-19-32-70-77(67)86(73)69-31-18-27-64-62-24-13-15-30-68(62)85(70)76(64)69/h7-50H,1-6H3. The molecule has 2 aromatic heterocycles. The monoisotopic (exact) mass is 1120 g/mol. The number of aromatic nitrogens is 1. The summed E-state index contributed by atoms with van der Waals surface area (Å²) < 4.78 is 9.21. The fourth-order valence-electron chi connectivity index (χ4n) is 14.4. The molecule has 5 heterocycles. The first-order chi connectivity index (χ1) is 42.4. The lowest BCUT2D eigenvalue weighted by Crippen LogP contribution is -2.61. The molecule has 0 amide bonds. The lowest BCUT2D eigenvalue weighted by Gasteiger charge is -2.47. The molecule has 0 N–H and O–H groups in total. The molecule has 0 aliphatic carbocycles. The van der Waals surface area contributed by atoms with Gasteiger partial charge in [0.15, 0.2) is 0 Å². The summed E-state index contributed by atoms with van der Waals surface area (Å²) in [5, 5.41) is 4.72. The third-order valence-electron chi connectivity index (χ3n) is 18.6. The molecule has 0 saturated heterocycles. The average molecular weight is 1120 g/mol. The maximum atomic E-state index is 6.68. The molecule has 3 aliphatic heterocycles. The lowest BCUT2D eigenvalue weighted by atomic mass is 9.33. The first kappa shape index (κ1) is 51.0. The summed E-state index contributed by atoms with van der Waals surface area (Å²) in [7, 11) is 0. The summed E-state index contributed by atoms with van der Waals surface area (Å²) in [4.78, 5) is 10.1. The number of para-hydroxylation sites is 7. The number of fused-ring (bicyclic) bond motifs is 12. The summed E-state index contributed by atoms with van der Waals surface area (Å²) in [5.41, 5.74) is 27.1. The zero-order valence-corrected chi connectivity index (χ0v) is 49.6. The van der Waals surface area contributed by atoms with Crippen LogP contribution in [0.15, 0.2) is 271 Å². The molecule has 0 spiro atoms. The van der Waals surface area contributed by atoms with Gasteiger partial charge in [0.2, 0.25) is 0 Å². The molecule has 416 valence electrons. The molecule has 6 nitrogen and oxygen atoms in total. The van der Waals surface area contributed by atoms with Gasteiger partial charge in [0.1, 0.15) is 11.2 Å². The van der Waals surface area contributed by atoms with E-state index in [9.17, 15) is 0 Å². The Hall–Kier alpha value is -10.5. The third kappa shape index (κ3) is 7.81. The second-order valence-corrected chi connectivity index (χ2v) is 25.7. The van der Waals surface area contributed by atoms with Crippen molar-refractivity contribution >= 4 is 135 Å². The van der Waals surface area contributed by atoms with Crippen molar-refractivity contribution in [2.24, 2.45) is 0 Å². The molecule has 0 fully saturated rings. The van der Waals surface area contributed by atoms with Crippen molar-refractivity contribution in [1.82, 2.24) is 4.57 Å². The van der Waals surface area contributed by atoms with E-state index < -0.39 is 0 Å². The number of nitrogens with zero attached hydrogens (tertiary/aromatic N) is 5. The van der Waals surface area contributed by atoms with Crippen molar-refractivity contribution in [1.29, 1.82) is 0 Å². The number of rotatable bonds is 8. The van der Waals surface area contributed by atoms with E-state index in [4.69, 9.17) is 4.42 Å². The number of hydrogen-bond donors (Lipinski definition) is 0. The quantitative estimate of drug-likeness (QED) is 0.142. The minimum atomic E-state index is -0.143. The Balaban J connectivity index is 0.961. The van der Waals surface area contributed by atoms with E-state index in [1.165, 1.54) is 60.7 Å². The number of benzene rings is 12. The van der Waals surface area contributed by atoms with Gasteiger partial charge >= 0.3 is 0 Å². The minimum Gasteiger partial charge on any atom is -0.455 e. The van der Waals surface area contributed by atoms with Crippen LogP contribution in [0.2, 0.25) is 0 Å². The maximum Gasteiger partial charge on any atom is 0.252 e. The van der Waals surface area contributed by atoms with E-state index in [1.807, 2.05) is 6.07 Å². The van der Waals surface area contributed by atoms with Gasteiger partial charge in [-0.25, -0.2) is 0 Å². The fourth-order valence-corrected chi connectivity index (χ4v) is 14.4. The van der Waals surface area contributed by atoms with E-state index >= 15 is 0 Å². The molecule has 0 radical (unpaired) electrons. The van der Waals surface area contributed by atoms with Crippen molar-refractivity contribution in [3.8, 4) is 16.8 Å². The molecule has 3 aliphatic rings. The molecule has 17 rings (SSSR count). The highest BCUT2D eigenvalue weighted by Gasteiger charge is 2.47. The first-order valence-electron chi connectivity index (χ1n) is 30.4. The van der Waals surface area contributed by atoms with Gasteiger partial charge in [-0.2, -0.15) is 0 Å². The highest BCUT2D eigenvalue weighted by molar-refractivity contribution is 7.00. The minimum absolute atomic E-state index is 0.00536. The van der Waals surface area contributed by atoms with Crippen LogP contribution in [0.3, 0.4) is 0 Å². The summed E-state index contributed by atoms with van der Waals surface area (Å²) >= 11 is 0. The van der Waals surface area contributed by atoms with Crippen molar-refractivity contribution < 1.29 is 4.42 Å². The Morgan fingerprint density at radius 2 is 0.897 bits per heavy atom. The van der Waals surface area contributed by atoms with Gasteiger partial charge in [0, 0.05) is 78.3 Å². The molecule has 0 unspecified atom stereocenters.